The first kappa shape index (κ1) is 20.2. The minimum Gasteiger partial charge on any atom is -0.471 e. The molecule has 0 aliphatic carbocycles. The van der Waals surface area contributed by atoms with Crippen LogP contribution in [-0.4, -0.2) is 45.9 Å². The van der Waals surface area contributed by atoms with Crippen LogP contribution in [0.15, 0.2) is 66.9 Å². The van der Waals surface area contributed by atoms with Crippen LogP contribution in [0, 0.1) is 0 Å². The van der Waals surface area contributed by atoms with E-state index in [-0.39, 0.29) is 18.1 Å². The largest absolute Gasteiger partial charge is 0.471 e. The van der Waals surface area contributed by atoms with Crippen LogP contribution in [-0.2, 0) is 17.9 Å². The lowest BCUT2D eigenvalue weighted by atomic mass is 10.2. The molecule has 1 aliphatic rings. The number of rotatable bonds is 6. The molecule has 2 aromatic carbocycles. The average Bonchev–Trinajstić information content (AvgIpc) is 3.15. The number of morpholine rings is 1. The Kier molecular flexibility index (Phi) is 6.14. The zero-order valence-electron chi connectivity index (χ0n) is 17.4. The van der Waals surface area contributed by atoms with Crippen LogP contribution >= 0.6 is 0 Å². The van der Waals surface area contributed by atoms with Gasteiger partial charge in [-0.1, -0.05) is 60.7 Å². The zero-order chi connectivity index (χ0) is 20.9. The van der Waals surface area contributed by atoms with Crippen molar-refractivity contribution in [1.82, 2.24) is 14.7 Å². The molecule has 1 aromatic heterocycles. The van der Waals surface area contributed by atoms with Crippen molar-refractivity contribution in [3.8, 4) is 5.88 Å². The Morgan fingerprint density at radius 3 is 2.23 bits per heavy atom. The lowest BCUT2D eigenvalue weighted by Gasteiger charge is -2.35. The van der Waals surface area contributed by atoms with Crippen LogP contribution in [0.2, 0.25) is 0 Å². The monoisotopic (exact) mass is 405 g/mol. The van der Waals surface area contributed by atoms with Gasteiger partial charge in [-0.3, -0.25) is 9.48 Å². The van der Waals surface area contributed by atoms with Crippen molar-refractivity contribution >= 4 is 5.91 Å². The van der Waals surface area contributed by atoms with E-state index in [4.69, 9.17) is 9.47 Å². The molecule has 6 heteroatoms. The van der Waals surface area contributed by atoms with E-state index in [0.29, 0.717) is 37.7 Å². The second-order valence-electron chi connectivity index (χ2n) is 7.77. The lowest BCUT2D eigenvalue weighted by Crippen LogP contribution is -2.48. The first-order valence-corrected chi connectivity index (χ1v) is 10.3. The number of amides is 1. The molecule has 0 saturated carbocycles. The van der Waals surface area contributed by atoms with Gasteiger partial charge in [-0.05, 0) is 25.0 Å². The van der Waals surface area contributed by atoms with E-state index in [1.165, 1.54) is 0 Å². The maximum atomic E-state index is 13.3. The molecular formula is C24H27N3O3. The molecule has 1 aliphatic heterocycles. The normalized spacial score (nSPS) is 18.9. The van der Waals surface area contributed by atoms with E-state index in [1.807, 2.05) is 79.4 Å². The van der Waals surface area contributed by atoms with Crippen LogP contribution in [0.4, 0.5) is 0 Å². The van der Waals surface area contributed by atoms with Gasteiger partial charge in [0.05, 0.1) is 18.8 Å². The lowest BCUT2D eigenvalue weighted by molar-refractivity contribution is -0.0586. The summed E-state index contributed by atoms with van der Waals surface area (Å²) in [5.74, 6) is 0.297. The highest BCUT2D eigenvalue weighted by molar-refractivity contribution is 5.96. The van der Waals surface area contributed by atoms with Crippen LogP contribution in [0.5, 0.6) is 5.88 Å². The second kappa shape index (κ2) is 9.13. The molecule has 0 spiro atoms. The fourth-order valence-corrected chi connectivity index (χ4v) is 3.75. The smallest absolute Gasteiger partial charge is 0.261 e. The molecular weight excluding hydrogens is 378 g/mol. The zero-order valence-corrected chi connectivity index (χ0v) is 17.4. The van der Waals surface area contributed by atoms with Gasteiger partial charge in [0.15, 0.2) is 0 Å². The summed E-state index contributed by atoms with van der Waals surface area (Å²) in [4.78, 5) is 15.2. The van der Waals surface area contributed by atoms with Gasteiger partial charge in [0, 0.05) is 19.3 Å². The molecule has 1 fully saturated rings. The van der Waals surface area contributed by atoms with Gasteiger partial charge in [-0.2, -0.15) is 0 Å². The topological polar surface area (TPSA) is 56.6 Å². The number of aromatic nitrogens is 2. The summed E-state index contributed by atoms with van der Waals surface area (Å²) in [5.41, 5.74) is 2.63. The van der Waals surface area contributed by atoms with Crippen LogP contribution in [0.1, 0.15) is 35.3 Å². The van der Waals surface area contributed by atoms with Gasteiger partial charge in [0.1, 0.15) is 12.2 Å². The minimum atomic E-state index is -0.0700. The summed E-state index contributed by atoms with van der Waals surface area (Å²) in [6.45, 7) is 6.03. The van der Waals surface area contributed by atoms with Gasteiger partial charge < -0.3 is 14.4 Å². The Morgan fingerprint density at radius 2 is 1.60 bits per heavy atom. The third-order valence-electron chi connectivity index (χ3n) is 5.07. The predicted octanol–water partition coefficient (Wildman–Crippen LogP) is 3.76. The number of hydrogen-bond donors (Lipinski definition) is 0. The van der Waals surface area contributed by atoms with Gasteiger partial charge in [0.2, 0.25) is 5.88 Å². The molecule has 2 unspecified atom stereocenters. The Hall–Kier alpha value is -3.12. The molecule has 0 radical (unpaired) electrons. The SMILES string of the molecule is CC1CN(C(=O)c2cn(Cc3ccccc3)nc2OCc2ccccc2)CC(C)O1. The number of nitrogens with zero attached hydrogens (tertiary/aromatic N) is 3. The summed E-state index contributed by atoms with van der Waals surface area (Å²) in [5, 5.41) is 4.59. The summed E-state index contributed by atoms with van der Waals surface area (Å²) in [7, 11) is 0. The summed E-state index contributed by atoms with van der Waals surface area (Å²) >= 11 is 0. The molecule has 2 heterocycles. The van der Waals surface area contributed by atoms with Gasteiger partial charge >= 0.3 is 0 Å². The average molecular weight is 405 g/mol. The molecule has 3 aromatic rings. The molecule has 6 nitrogen and oxygen atoms in total. The number of benzene rings is 2. The Bertz CT molecular complexity index is 962. The van der Waals surface area contributed by atoms with E-state index in [1.54, 1.807) is 10.9 Å². The van der Waals surface area contributed by atoms with Crippen molar-refractivity contribution in [2.45, 2.75) is 39.2 Å². The highest BCUT2D eigenvalue weighted by Crippen LogP contribution is 2.23. The summed E-state index contributed by atoms with van der Waals surface area (Å²) < 4.78 is 13.5. The number of ether oxygens (including phenoxy) is 2. The molecule has 2 atom stereocenters. The van der Waals surface area contributed by atoms with Crippen molar-refractivity contribution in [2.24, 2.45) is 0 Å². The molecule has 156 valence electrons. The maximum Gasteiger partial charge on any atom is 0.261 e. The Balaban J connectivity index is 1.58. The first-order chi connectivity index (χ1) is 14.6. The number of hydrogen-bond acceptors (Lipinski definition) is 4. The van der Waals surface area contributed by atoms with Crippen molar-refractivity contribution in [2.75, 3.05) is 13.1 Å². The molecule has 0 N–H and O–H groups in total. The molecule has 1 saturated heterocycles. The van der Waals surface area contributed by atoms with Crippen molar-refractivity contribution in [3.63, 3.8) is 0 Å². The van der Waals surface area contributed by atoms with Gasteiger partial charge in [-0.25, -0.2) is 0 Å². The predicted molar refractivity (Wildman–Crippen MR) is 114 cm³/mol. The highest BCUT2D eigenvalue weighted by Gasteiger charge is 2.30. The van der Waals surface area contributed by atoms with E-state index in [2.05, 4.69) is 5.10 Å². The Morgan fingerprint density at radius 1 is 1.00 bits per heavy atom. The van der Waals surface area contributed by atoms with E-state index in [9.17, 15) is 4.79 Å². The van der Waals surface area contributed by atoms with Gasteiger partial charge in [0.25, 0.3) is 5.91 Å². The third-order valence-corrected chi connectivity index (χ3v) is 5.07. The van der Waals surface area contributed by atoms with E-state index in [0.717, 1.165) is 11.1 Å². The van der Waals surface area contributed by atoms with Crippen molar-refractivity contribution < 1.29 is 14.3 Å². The Labute approximate surface area is 177 Å². The summed E-state index contributed by atoms with van der Waals surface area (Å²) in [6.07, 6.45) is 1.80. The fourth-order valence-electron chi connectivity index (χ4n) is 3.75. The summed E-state index contributed by atoms with van der Waals surface area (Å²) in [6, 6.07) is 19.9. The highest BCUT2D eigenvalue weighted by atomic mass is 16.5. The quantitative estimate of drug-likeness (QED) is 0.627. The van der Waals surface area contributed by atoms with Gasteiger partial charge in [-0.15, -0.1) is 5.10 Å². The van der Waals surface area contributed by atoms with Crippen molar-refractivity contribution in [1.29, 1.82) is 0 Å². The van der Waals surface area contributed by atoms with E-state index < -0.39 is 0 Å². The fraction of sp³-hybridized carbons (Fsp3) is 0.333. The third kappa shape index (κ3) is 4.89. The first-order valence-electron chi connectivity index (χ1n) is 10.3. The molecule has 4 rings (SSSR count). The van der Waals surface area contributed by atoms with Crippen molar-refractivity contribution in [3.05, 3.63) is 83.6 Å². The molecule has 1 amide bonds. The van der Waals surface area contributed by atoms with Crippen LogP contribution in [0.3, 0.4) is 0 Å². The minimum absolute atomic E-state index is 0.00532. The molecule has 0 bridgehead atoms. The van der Waals surface area contributed by atoms with E-state index >= 15 is 0 Å². The number of carbonyl (C=O) groups excluding carboxylic acids is 1. The number of carbonyl (C=O) groups is 1. The molecule has 30 heavy (non-hydrogen) atoms. The van der Waals surface area contributed by atoms with Crippen LogP contribution in [0.25, 0.3) is 0 Å². The van der Waals surface area contributed by atoms with Crippen LogP contribution < -0.4 is 4.74 Å². The second-order valence-corrected chi connectivity index (χ2v) is 7.77. The maximum absolute atomic E-state index is 13.3. The standard InChI is InChI=1S/C24H27N3O3/c1-18-13-26(14-19(2)30-18)24(28)22-16-27(15-20-9-5-3-6-10-20)25-23(22)29-17-21-11-7-4-8-12-21/h3-12,16,18-19H,13-15,17H2,1-2H3.